The number of rotatable bonds is 8. The largest absolute Gasteiger partial charge is 0.496 e. The molecule has 2 atom stereocenters. The predicted molar refractivity (Wildman–Crippen MR) is 129 cm³/mol. The van der Waals surface area contributed by atoms with E-state index in [1.165, 1.54) is 11.3 Å². The first-order chi connectivity index (χ1) is 16.1. The zero-order valence-electron chi connectivity index (χ0n) is 18.9. The van der Waals surface area contributed by atoms with Crippen molar-refractivity contribution in [3.63, 3.8) is 0 Å². The summed E-state index contributed by atoms with van der Waals surface area (Å²) in [5.41, 5.74) is 1.81. The van der Waals surface area contributed by atoms with Crippen LogP contribution in [0.15, 0.2) is 54.6 Å². The van der Waals surface area contributed by atoms with Crippen molar-refractivity contribution in [2.75, 3.05) is 19.0 Å². The van der Waals surface area contributed by atoms with Gasteiger partial charge in [0.2, 0.25) is 16.9 Å². The topological polar surface area (TPSA) is 84.4 Å². The minimum absolute atomic E-state index is 0.0747. The van der Waals surface area contributed by atoms with Gasteiger partial charge in [-0.2, -0.15) is 0 Å². The van der Waals surface area contributed by atoms with Crippen molar-refractivity contribution in [2.45, 2.75) is 38.6 Å². The Morgan fingerprint density at radius 1 is 1.15 bits per heavy atom. The minimum Gasteiger partial charge on any atom is -0.496 e. The van der Waals surface area contributed by atoms with Crippen molar-refractivity contribution < 1.29 is 14.3 Å². The SMILES string of the molecule is CCCCN1C(=O)CCC(C(=O)Nc2nnc(-c3ccccc3)s2)C1c1ccccc1OC. The molecule has 0 spiro atoms. The second-order valence-corrected chi connectivity index (χ2v) is 9.02. The molecule has 8 heteroatoms. The van der Waals surface area contributed by atoms with Gasteiger partial charge < -0.3 is 15.0 Å². The number of carbonyl (C=O) groups is 2. The van der Waals surface area contributed by atoms with E-state index in [1.807, 2.05) is 59.5 Å². The van der Waals surface area contributed by atoms with E-state index in [0.29, 0.717) is 30.3 Å². The molecule has 0 aliphatic carbocycles. The number of piperidine rings is 1. The molecule has 1 fully saturated rings. The second kappa shape index (κ2) is 10.6. The van der Waals surface area contributed by atoms with Gasteiger partial charge in [0.05, 0.1) is 19.1 Å². The highest BCUT2D eigenvalue weighted by atomic mass is 32.1. The van der Waals surface area contributed by atoms with Crippen LogP contribution in [-0.2, 0) is 9.59 Å². The predicted octanol–water partition coefficient (Wildman–Crippen LogP) is 4.93. The van der Waals surface area contributed by atoms with Crippen molar-refractivity contribution in [3.05, 3.63) is 60.2 Å². The molecule has 2 amide bonds. The van der Waals surface area contributed by atoms with Gasteiger partial charge in [0.1, 0.15) is 10.8 Å². The summed E-state index contributed by atoms with van der Waals surface area (Å²) in [7, 11) is 1.61. The lowest BCUT2D eigenvalue weighted by atomic mass is 9.83. The van der Waals surface area contributed by atoms with Crippen LogP contribution in [0.3, 0.4) is 0 Å². The van der Waals surface area contributed by atoms with Crippen LogP contribution in [0.2, 0.25) is 0 Å². The third kappa shape index (κ3) is 5.06. The Kier molecular flexibility index (Phi) is 7.34. The Hall–Kier alpha value is -3.26. The molecule has 172 valence electrons. The zero-order valence-corrected chi connectivity index (χ0v) is 19.7. The fraction of sp³-hybridized carbons (Fsp3) is 0.360. The maximum atomic E-state index is 13.5. The van der Waals surface area contributed by atoms with Crippen LogP contribution < -0.4 is 10.1 Å². The molecule has 7 nitrogen and oxygen atoms in total. The maximum absolute atomic E-state index is 13.5. The molecule has 0 saturated carbocycles. The standard InChI is InChI=1S/C25H28N4O3S/c1-3-4-16-29-21(30)15-14-19(22(29)18-12-8-9-13-20(18)32-2)23(31)26-25-28-27-24(33-25)17-10-6-5-7-11-17/h5-13,19,22H,3-4,14-16H2,1-2H3,(H,26,28,31). The number of benzene rings is 2. The lowest BCUT2D eigenvalue weighted by molar-refractivity contribution is -0.142. The smallest absolute Gasteiger partial charge is 0.231 e. The Morgan fingerprint density at radius 2 is 1.91 bits per heavy atom. The monoisotopic (exact) mass is 464 g/mol. The van der Waals surface area contributed by atoms with Crippen molar-refractivity contribution >= 4 is 28.3 Å². The summed E-state index contributed by atoms with van der Waals surface area (Å²) in [4.78, 5) is 28.2. The van der Waals surface area contributed by atoms with Crippen LogP contribution in [0.4, 0.5) is 5.13 Å². The molecule has 4 rings (SSSR count). The molecule has 1 N–H and O–H groups in total. The van der Waals surface area contributed by atoms with Crippen LogP contribution in [0.5, 0.6) is 5.75 Å². The van der Waals surface area contributed by atoms with Gasteiger partial charge in [-0.25, -0.2) is 0 Å². The summed E-state index contributed by atoms with van der Waals surface area (Å²) in [5, 5.41) is 12.6. The number of carbonyl (C=O) groups excluding carboxylic acids is 2. The molecule has 1 aliphatic rings. The van der Waals surface area contributed by atoms with Crippen LogP contribution in [0, 0.1) is 5.92 Å². The Labute approximate surface area is 197 Å². The highest BCUT2D eigenvalue weighted by molar-refractivity contribution is 7.18. The number of ether oxygens (including phenoxy) is 1. The molecule has 2 aromatic carbocycles. The number of nitrogens with one attached hydrogen (secondary N) is 1. The lowest BCUT2D eigenvalue weighted by Gasteiger charge is -2.41. The molecule has 0 radical (unpaired) electrons. The van der Waals surface area contributed by atoms with E-state index < -0.39 is 12.0 Å². The quantitative estimate of drug-likeness (QED) is 0.511. The van der Waals surface area contributed by atoms with Crippen molar-refractivity contribution in [1.82, 2.24) is 15.1 Å². The van der Waals surface area contributed by atoms with Crippen LogP contribution >= 0.6 is 11.3 Å². The average molecular weight is 465 g/mol. The number of para-hydroxylation sites is 1. The molecule has 33 heavy (non-hydrogen) atoms. The van der Waals surface area contributed by atoms with E-state index in [0.717, 1.165) is 29.0 Å². The average Bonchev–Trinajstić information content (AvgIpc) is 3.32. The molecular formula is C25H28N4O3S. The molecule has 1 saturated heterocycles. The van der Waals surface area contributed by atoms with Gasteiger partial charge in [-0.3, -0.25) is 9.59 Å². The van der Waals surface area contributed by atoms with Gasteiger partial charge in [0.25, 0.3) is 0 Å². The highest BCUT2D eigenvalue weighted by Crippen LogP contribution is 2.41. The summed E-state index contributed by atoms with van der Waals surface area (Å²) >= 11 is 1.34. The number of amides is 2. The normalized spacial score (nSPS) is 18.2. The Morgan fingerprint density at radius 3 is 2.67 bits per heavy atom. The molecule has 1 aromatic heterocycles. The van der Waals surface area contributed by atoms with E-state index in [1.54, 1.807) is 7.11 Å². The molecule has 3 aromatic rings. The number of nitrogens with zero attached hydrogens (tertiary/aromatic N) is 3. The highest BCUT2D eigenvalue weighted by Gasteiger charge is 2.41. The molecule has 1 aliphatic heterocycles. The van der Waals surface area contributed by atoms with E-state index in [-0.39, 0.29) is 11.8 Å². The van der Waals surface area contributed by atoms with E-state index in [4.69, 9.17) is 4.74 Å². The summed E-state index contributed by atoms with van der Waals surface area (Å²) in [5.74, 6) is 0.181. The first-order valence-corrected chi connectivity index (χ1v) is 12.1. The molecule has 0 bridgehead atoms. The number of likely N-dealkylation sites (tertiary alicyclic amines) is 1. The van der Waals surface area contributed by atoms with Gasteiger partial charge >= 0.3 is 0 Å². The van der Waals surface area contributed by atoms with E-state index >= 15 is 0 Å². The zero-order chi connectivity index (χ0) is 23.2. The van der Waals surface area contributed by atoms with Crippen molar-refractivity contribution in [1.29, 1.82) is 0 Å². The molecule has 2 unspecified atom stereocenters. The van der Waals surface area contributed by atoms with Gasteiger partial charge in [-0.05, 0) is 18.9 Å². The molecular weight excluding hydrogens is 436 g/mol. The molecule has 2 heterocycles. The Balaban J connectivity index is 1.62. The third-order valence-corrected chi connectivity index (χ3v) is 6.82. The van der Waals surface area contributed by atoms with Gasteiger partial charge in [-0.1, -0.05) is 73.2 Å². The lowest BCUT2D eigenvalue weighted by Crippen LogP contribution is -2.47. The van der Waals surface area contributed by atoms with Crippen molar-refractivity contribution in [3.8, 4) is 16.3 Å². The number of methoxy groups -OCH3 is 1. The van der Waals surface area contributed by atoms with Crippen LogP contribution in [0.25, 0.3) is 10.6 Å². The fourth-order valence-electron chi connectivity index (χ4n) is 4.28. The Bertz CT molecular complexity index is 1100. The fourth-order valence-corrected chi connectivity index (χ4v) is 5.04. The van der Waals surface area contributed by atoms with Gasteiger partial charge in [0.15, 0.2) is 0 Å². The number of aromatic nitrogens is 2. The number of hydrogen-bond acceptors (Lipinski definition) is 6. The first-order valence-electron chi connectivity index (χ1n) is 11.2. The van der Waals surface area contributed by atoms with E-state index in [9.17, 15) is 9.59 Å². The number of hydrogen-bond donors (Lipinski definition) is 1. The van der Waals surface area contributed by atoms with Crippen LogP contribution in [0.1, 0.15) is 44.2 Å². The van der Waals surface area contributed by atoms with E-state index in [2.05, 4.69) is 22.4 Å². The third-order valence-electron chi connectivity index (χ3n) is 5.93. The minimum atomic E-state index is -0.417. The van der Waals surface area contributed by atoms with Crippen molar-refractivity contribution in [2.24, 2.45) is 5.92 Å². The number of anilines is 1. The second-order valence-electron chi connectivity index (χ2n) is 8.04. The summed E-state index contributed by atoms with van der Waals surface area (Å²) in [6.07, 6.45) is 2.66. The number of unbranched alkanes of at least 4 members (excludes halogenated alkanes) is 1. The van der Waals surface area contributed by atoms with Gasteiger partial charge in [-0.15, -0.1) is 10.2 Å². The first kappa shape index (κ1) is 22.9. The summed E-state index contributed by atoms with van der Waals surface area (Å²) < 4.78 is 5.60. The summed E-state index contributed by atoms with van der Waals surface area (Å²) in [6.45, 7) is 2.70. The summed E-state index contributed by atoms with van der Waals surface area (Å²) in [6, 6.07) is 17.0. The van der Waals surface area contributed by atoms with Crippen LogP contribution in [-0.4, -0.2) is 40.6 Å². The van der Waals surface area contributed by atoms with Gasteiger partial charge in [0, 0.05) is 24.1 Å². The maximum Gasteiger partial charge on any atom is 0.231 e.